The quantitative estimate of drug-likeness (QED) is 0.497. The molecule has 1 unspecified atom stereocenters. The lowest BCUT2D eigenvalue weighted by molar-refractivity contribution is -0.146. The van der Waals surface area contributed by atoms with Crippen molar-refractivity contribution in [3.63, 3.8) is 0 Å². The van der Waals surface area contributed by atoms with Crippen LogP contribution in [0.4, 0.5) is 0 Å². The Balaban J connectivity index is 1.48. The van der Waals surface area contributed by atoms with Gasteiger partial charge in [0.2, 0.25) is 0 Å². The highest BCUT2D eigenvalue weighted by molar-refractivity contribution is 5.82. The third-order valence-corrected chi connectivity index (χ3v) is 5.78. The second-order valence-electron chi connectivity index (χ2n) is 8.54. The van der Waals surface area contributed by atoms with Crippen LogP contribution in [-0.4, -0.2) is 63.0 Å². The van der Waals surface area contributed by atoms with E-state index in [4.69, 9.17) is 18.9 Å². The third-order valence-electron chi connectivity index (χ3n) is 5.78. The van der Waals surface area contributed by atoms with E-state index in [1.807, 2.05) is 53.4 Å². The minimum absolute atomic E-state index is 0.0582. The SMILES string of the molecule is COCCCOc1cc(CN(C(=O)C2CNCCO2)C2CC2)cc(OCc2ccccc2)c1. The number of ether oxygens (including phenoxy) is 4. The largest absolute Gasteiger partial charge is 0.493 e. The number of carbonyl (C=O) groups is 1. The zero-order valence-electron chi connectivity index (χ0n) is 19.3. The molecular formula is C26H34N2O5. The number of hydrogen-bond acceptors (Lipinski definition) is 6. The van der Waals surface area contributed by atoms with Crippen LogP contribution in [0, 0.1) is 0 Å². The Morgan fingerprint density at radius 3 is 2.55 bits per heavy atom. The summed E-state index contributed by atoms with van der Waals surface area (Å²) in [6.45, 7) is 4.12. The predicted octanol–water partition coefficient (Wildman–Crippen LogP) is 3.16. The van der Waals surface area contributed by atoms with E-state index in [-0.39, 0.29) is 11.9 Å². The van der Waals surface area contributed by atoms with Gasteiger partial charge in [0, 0.05) is 51.9 Å². The van der Waals surface area contributed by atoms with Crippen LogP contribution >= 0.6 is 0 Å². The minimum atomic E-state index is -0.415. The first kappa shape index (κ1) is 23.5. The monoisotopic (exact) mass is 454 g/mol. The Morgan fingerprint density at radius 2 is 1.85 bits per heavy atom. The molecule has 7 heteroatoms. The van der Waals surface area contributed by atoms with Crippen molar-refractivity contribution in [2.45, 2.75) is 44.6 Å². The molecular weight excluding hydrogens is 420 g/mol. The van der Waals surface area contributed by atoms with Gasteiger partial charge >= 0.3 is 0 Å². The molecule has 2 aromatic carbocycles. The highest BCUT2D eigenvalue weighted by Gasteiger charge is 2.37. The molecule has 0 spiro atoms. The first-order chi connectivity index (χ1) is 16.2. The van der Waals surface area contributed by atoms with Gasteiger partial charge in [-0.15, -0.1) is 0 Å². The topological polar surface area (TPSA) is 69.3 Å². The van der Waals surface area contributed by atoms with E-state index >= 15 is 0 Å². The molecule has 1 N–H and O–H groups in total. The van der Waals surface area contributed by atoms with E-state index in [0.717, 1.165) is 48.4 Å². The van der Waals surface area contributed by atoms with E-state index in [2.05, 4.69) is 5.32 Å². The Labute approximate surface area is 196 Å². The molecule has 7 nitrogen and oxygen atoms in total. The van der Waals surface area contributed by atoms with Crippen LogP contribution in [0.5, 0.6) is 11.5 Å². The molecule has 0 bridgehead atoms. The number of methoxy groups -OCH3 is 1. The zero-order valence-corrected chi connectivity index (χ0v) is 19.3. The number of hydrogen-bond donors (Lipinski definition) is 1. The van der Waals surface area contributed by atoms with E-state index in [0.29, 0.717) is 39.5 Å². The number of carbonyl (C=O) groups excluding carboxylic acids is 1. The Hall–Kier alpha value is -2.61. The van der Waals surface area contributed by atoms with Crippen molar-refractivity contribution >= 4 is 5.91 Å². The number of amides is 1. The van der Waals surface area contributed by atoms with E-state index in [9.17, 15) is 4.79 Å². The highest BCUT2D eigenvalue weighted by atomic mass is 16.5. The summed E-state index contributed by atoms with van der Waals surface area (Å²) in [6, 6.07) is 16.3. The third kappa shape index (κ3) is 7.19. The van der Waals surface area contributed by atoms with Crippen molar-refractivity contribution in [3.05, 3.63) is 59.7 Å². The van der Waals surface area contributed by atoms with Crippen molar-refractivity contribution in [2.24, 2.45) is 0 Å². The Kier molecular flexibility index (Phi) is 8.58. The summed E-state index contributed by atoms with van der Waals surface area (Å²) in [5.41, 5.74) is 2.09. The molecule has 1 saturated heterocycles. The zero-order chi connectivity index (χ0) is 22.9. The maximum Gasteiger partial charge on any atom is 0.253 e. The van der Waals surface area contributed by atoms with Gasteiger partial charge in [-0.05, 0) is 36.1 Å². The number of nitrogens with one attached hydrogen (secondary N) is 1. The fourth-order valence-corrected chi connectivity index (χ4v) is 3.90. The molecule has 2 fully saturated rings. The molecule has 1 aliphatic heterocycles. The van der Waals surface area contributed by atoms with Crippen LogP contribution < -0.4 is 14.8 Å². The molecule has 2 aromatic rings. The fraction of sp³-hybridized carbons (Fsp3) is 0.500. The summed E-state index contributed by atoms with van der Waals surface area (Å²) < 4.78 is 22.9. The molecule has 33 heavy (non-hydrogen) atoms. The van der Waals surface area contributed by atoms with Gasteiger partial charge in [0.05, 0.1) is 13.2 Å². The number of nitrogens with zero attached hydrogens (tertiary/aromatic N) is 1. The molecule has 4 rings (SSSR count). The minimum Gasteiger partial charge on any atom is -0.493 e. The van der Waals surface area contributed by atoms with Crippen LogP contribution in [-0.2, 0) is 27.4 Å². The normalized spacial score (nSPS) is 18.0. The Bertz CT molecular complexity index is 882. The number of rotatable bonds is 12. The maximum atomic E-state index is 13.2. The van der Waals surface area contributed by atoms with Crippen molar-refractivity contribution in [2.75, 3.05) is 40.0 Å². The summed E-state index contributed by atoms with van der Waals surface area (Å²) >= 11 is 0. The van der Waals surface area contributed by atoms with Gasteiger partial charge < -0.3 is 29.2 Å². The molecule has 178 valence electrons. The summed E-state index contributed by atoms with van der Waals surface area (Å²) in [6.07, 6.45) is 2.47. The van der Waals surface area contributed by atoms with Crippen LogP contribution in [0.3, 0.4) is 0 Å². The van der Waals surface area contributed by atoms with Gasteiger partial charge in [-0.3, -0.25) is 4.79 Å². The molecule has 0 radical (unpaired) electrons. The van der Waals surface area contributed by atoms with E-state index in [1.165, 1.54) is 0 Å². The van der Waals surface area contributed by atoms with Crippen LogP contribution in [0.2, 0.25) is 0 Å². The summed E-state index contributed by atoms with van der Waals surface area (Å²) in [7, 11) is 1.69. The second kappa shape index (κ2) is 12.0. The fourth-order valence-electron chi connectivity index (χ4n) is 3.90. The van der Waals surface area contributed by atoms with Gasteiger partial charge in [-0.25, -0.2) is 0 Å². The lowest BCUT2D eigenvalue weighted by atomic mass is 10.1. The molecule has 1 aliphatic carbocycles. The van der Waals surface area contributed by atoms with Crippen molar-refractivity contribution in [1.82, 2.24) is 10.2 Å². The van der Waals surface area contributed by atoms with Crippen molar-refractivity contribution in [3.8, 4) is 11.5 Å². The van der Waals surface area contributed by atoms with Crippen molar-refractivity contribution < 1.29 is 23.7 Å². The van der Waals surface area contributed by atoms with E-state index < -0.39 is 6.10 Å². The van der Waals surface area contributed by atoms with Gasteiger partial charge in [0.25, 0.3) is 5.91 Å². The Morgan fingerprint density at radius 1 is 1.06 bits per heavy atom. The van der Waals surface area contributed by atoms with Gasteiger partial charge in [-0.2, -0.15) is 0 Å². The molecule has 1 saturated carbocycles. The summed E-state index contributed by atoms with van der Waals surface area (Å²) in [4.78, 5) is 15.2. The standard InChI is InChI=1S/C26H34N2O5/c1-30-11-5-12-31-23-14-21(15-24(16-23)33-19-20-6-3-2-4-7-20)18-28(22-8-9-22)26(29)25-17-27-10-13-32-25/h2-4,6-7,14-16,22,25,27H,5,8-13,17-19H2,1H3. The first-order valence-corrected chi connectivity index (χ1v) is 11.8. The number of benzene rings is 2. The highest BCUT2D eigenvalue weighted by Crippen LogP contribution is 2.31. The summed E-state index contributed by atoms with van der Waals surface area (Å²) in [5, 5.41) is 3.26. The van der Waals surface area contributed by atoms with Crippen molar-refractivity contribution in [1.29, 1.82) is 0 Å². The smallest absolute Gasteiger partial charge is 0.253 e. The maximum absolute atomic E-state index is 13.2. The van der Waals surface area contributed by atoms with Gasteiger partial charge in [0.15, 0.2) is 0 Å². The average molecular weight is 455 g/mol. The molecule has 1 atom stereocenters. The van der Waals surface area contributed by atoms with E-state index in [1.54, 1.807) is 7.11 Å². The van der Waals surface area contributed by atoms with Crippen LogP contribution in [0.25, 0.3) is 0 Å². The molecule has 2 aliphatic rings. The number of morpholine rings is 1. The predicted molar refractivity (Wildman–Crippen MR) is 125 cm³/mol. The second-order valence-corrected chi connectivity index (χ2v) is 8.54. The van der Waals surface area contributed by atoms with Crippen LogP contribution in [0.1, 0.15) is 30.4 Å². The first-order valence-electron chi connectivity index (χ1n) is 11.8. The molecule has 0 aromatic heterocycles. The van der Waals surface area contributed by atoms with Gasteiger partial charge in [-0.1, -0.05) is 30.3 Å². The lowest BCUT2D eigenvalue weighted by Gasteiger charge is -2.30. The lowest BCUT2D eigenvalue weighted by Crippen LogP contribution is -2.49. The van der Waals surface area contributed by atoms with Gasteiger partial charge in [0.1, 0.15) is 24.2 Å². The van der Waals surface area contributed by atoms with Crippen LogP contribution in [0.15, 0.2) is 48.5 Å². The summed E-state index contributed by atoms with van der Waals surface area (Å²) in [5.74, 6) is 1.53. The molecule has 1 amide bonds. The molecule has 1 heterocycles. The average Bonchev–Trinajstić information content (AvgIpc) is 3.70.